The molecule has 1 aliphatic heterocycles. The fourth-order valence-corrected chi connectivity index (χ4v) is 2.51. The second-order valence-corrected chi connectivity index (χ2v) is 5.12. The van der Waals surface area contributed by atoms with Crippen molar-refractivity contribution in [2.75, 3.05) is 20.9 Å². The number of nitrogens with zero attached hydrogens (tertiary/aromatic N) is 2. The van der Waals surface area contributed by atoms with Crippen LogP contribution in [0.25, 0.3) is 10.9 Å². The SMILES string of the molecule is Cc1nc2cc3c(cc2c(C)c1C(=O)N(C)C)OCO3.Cl. The van der Waals surface area contributed by atoms with Crippen LogP contribution in [-0.4, -0.2) is 36.7 Å². The second-order valence-electron chi connectivity index (χ2n) is 5.12. The Hall–Kier alpha value is -2.01. The molecule has 5 nitrogen and oxygen atoms in total. The van der Waals surface area contributed by atoms with E-state index in [1.54, 1.807) is 19.0 Å². The number of pyridine rings is 1. The summed E-state index contributed by atoms with van der Waals surface area (Å²) in [6.07, 6.45) is 0. The van der Waals surface area contributed by atoms with Crippen molar-refractivity contribution in [3.8, 4) is 11.5 Å². The number of carbonyl (C=O) groups excluding carboxylic acids is 1. The minimum Gasteiger partial charge on any atom is -0.454 e. The number of benzene rings is 1. The second kappa shape index (κ2) is 5.41. The molecule has 0 spiro atoms. The van der Waals surface area contributed by atoms with Gasteiger partial charge in [0.2, 0.25) is 6.79 Å². The van der Waals surface area contributed by atoms with E-state index in [1.165, 1.54) is 0 Å². The smallest absolute Gasteiger partial charge is 0.255 e. The number of carbonyl (C=O) groups is 1. The van der Waals surface area contributed by atoms with E-state index >= 15 is 0 Å². The normalized spacial score (nSPS) is 12.2. The number of rotatable bonds is 1. The van der Waals surface area contributed by atoms with Crippen molar-refractivity contribution in [3.05, 3.63) is 29.0 Å². The maximum absolute atomic E-state index is 12.3. The monoisotopic (exact) mass is 308 g/mol. The van der Waals surface area contributed by atoms with Crippen LogP contribution in [0, 0.1) is 13.8 Å². The summed E-state index contributed by atoms with van der Waals surface area (Å²) < 4.78 is 10.8. The topological polar surface area (TPSA) is 51.7 Å². The molecule has 0 radical (unpaired) electrons. The molecular formula is C15H17ClN2O3. The average molecular weight is 309 g/mol. The molecule has 1 aromatic carbocycles. The highest BCUT2D eigenvalue weighted by atomic mass is 35.5. The van der Waals surface area contributed by atoms with Crippen LogP contribution in [0.5, 0.6) is 11.5 Å². The highest BCUT2D eigenvalue weighted by molar-refractivity contribution is 6.01. The highest BCUT2D eigenvalue weighted by Gasteiger charge is 2.21. The van der Waals surface area contributed by atoms with Gasteiger partial charge in [0, 0.05) is 25.5 Å². The number of aromatic nitrogens is 1. The standard InChI is InChI=1S/C15H16N2O3.ClH/c1-8-10-5-12-13(20-7-19-12)6-11(10)16-9(2)14(8)15(18)17(3)4;/h5-6H,7H2,1-4H3;1H. The summed E-state index contributed by atoms with van der Waals surface area (Å²) >= 11 is 0. The lowest BCUT2D eigenvalue weighted by atomic mass is 10.0. The zero-order valence-corrected chi connectivity index (χ0v) is 13.2. The van der Waals surface area contributed by atoms with Gasteiger partial charge in [-0.05, 0) is 25.5 Å². The molecule has 0 aliphatic carbocycles. The summed E-state index contributed by atoms with van der Waals surface area (Å²) in [6, 6.07) is 3.76. The molecule has 0 saturated heterocycles. The van der Waals surface area contributed by atoms with Gasteiger partial charge in [-0.3, -0.25) is 9.78 Å². The van der Waals surface area contributed by atoms with Gasteiger partial charge < -0.3 is 14.4 Å². The third-order valence-corrected chi connectivity index (χ3v) is 3.54. The Balaban J connectivity index is 0.00000161. The molecule has 2 heterocycles. The van der Waals surface area contributed by atoms with Crippen LogP contribution in [0.4, 0.5) is 0 Å². The molecule has 1 amide bonds. The van der Waals surface area contributed by atoms with Crippen LogP contribution in [0.15, 0.2) is 12.1 Å². The predicted octanol–water partition coefficient (Wildman–Crippen LogP) is 2.70. The molecule has 112 valence electrons. The molecule has 0 fully saturated rings. The van der Waals surface area contributed by atoms with Gasteiger partial charge in [0.25, 0.3) is 5.91 Å². The average Bonchev–Trinajstić information content (AvgIpc) is 2.83. The number of ether oxygens (including phenoxy) is 2. The van der Waals surface area contributed by atoms with Crippen molar-refractivity contribution >= 4 is 29.2 Å². The Morgan fingerprint density at radius 2 is 1.81 bits per heavy atom. The summed E-state index contributed by atoms with van der Waals surface area (Å²) in [5.74, 6) is 1.37. The largest absolute Gasteiger partial charge is 0.454 e. The molecule has 1 aliphatic rings. The van der Waals surface area contributed by atoms with Crippen molar-refractivity contribution in [1.29, 1.82) is 0 Å². The number of amides is 1. The lowest BCUT2D eigenvalue weighted by Crippen LogP contribution is -2.24. The number of aryl methyl sites for hydroxylation is 2. The zero-order chi connectivity index (χ0) is 14.4. The Bertz CT molecular complexity index is 729. The molecular weight excluding hydrogens is 292 g/mol. The minimum absolute atomic E-state index is 0. The van der Waals surface area contributed by atoms with E-state index in [0.717, 1.165) is 22.2 Å². The zero-order valence-electron chi connectivity index (χ0n) is 12.4. The number of halogens is 1. The van der Waals surface area contributed by atoms with Gasteiger partial charge in [-0.1, -0.05) is 0 Å². The summed E-state index contributed by atoms with van der Waals surface area (Å²) in [7, 11) is 3.48. The summed E-state index contributed by atoms with van der Waals surface area (Å²) in [5, 5.41) is 0.921. The van der Waals surface area contributed by atoms with Crippen LogP contribution in [-0.2, 0) is 0 Å². The van der Waals surface area contributed by atoms with Crippen LogP contribution in [0.2, 0.25) is 0 Å². The highest BCUT2D eigenvalue weighted by Crippen LogP contribution is 2.37. The van der Waals surface area contributed by atoms with Crippen LogP contribution in [0.3, 0.4) is 0 Å². The quantitative estimate of drug-likeness (QED) is 0.813. The van der Waals surface area contributed by atoms with E-state index in [2.05, 4.69) is 4.98 Å². The number of fused-ring (bicyclic) bond motifs is 2. The maximum atomic E-state index is 12.3. The third-order valence-electron chi connectivity index (χ3n) is 3.54. The van der Waals surface area contributed by atoms with Gasteiger partial charge in [-0.15, -0.1) is 12.4 Å². The first kappa shape index (κ1) is 15.4. The summed E-state index contributed by atoms with van der Waals surface area (Å²) in [4.78, 5) is 18.4. The molecule has 0 N–H and O–H groups in total. The number of hydrogen-bond donors (Lipinski definition) is 0. The molecule has 0 saturated carbocycles. The van der Waals surface area contributed by atoms with E-state index in [0.29, 0.717) is 17.1 Å². The number of hydrogen-bond acceptors (Lipinski definition) is 4. The lowest BCUT2D eigenvalue weighted by molar-refractivity contribution is 0.0826. The fourth-order valence-electron chi connectivity index (χ4n) is 2.51. The summed E-state index contributed by atoms with van der Waals surface area (Å²) in [6.45, 7) is 4.02. The first-order chi connectivity index (χ1) is 9.49. The Morgan fingerprint density at radius 1 is 1.19 bits per heavy atom. The van der Waals surface area contributed by atoms with E-state index in [9.17, 15) is 4.79 Å². The van der Waals surface area contributed by atoms with E-state index in [-0.39, 0.29) is 25.1 Å². The first-order valence-corrected chi connectivity index (χ1v) is 6.41. The van der Waals surface area contributed by atoms with Gasteiger partial charge in [-0.25, -0.2) is 0 Å². The van der Waals surface area contributed by atoms with Gasteiger partial charge in [0.1, 0.15) is 0 Å². The van der Waals surface area contributed by atoms with Gasteiger partial charge >= 0.3 is 0 Å². The van der Waals surface area contributed by atoms with Crippen molar-refractivity contribution in [2.24, 2.45) is 0 Å². The molecule has 0 bridgehead atoms. The minimum atomic E-state index is -0.0351. The van der Waals surface area contributed by atoms with Gasteiger partial charge in [0.15, 0.2) is 11.5 Å². The molecule has 1 aromatic heterocycles. The van der Waals surface area contributed by atoms with E-state index < -0.39 is 0 Å². The third kappa shape index (κ3) is 2.38. The first-order valence-electron chi connectivity index (χ1n) is 6.41. The molecule has 0 atom stereocenters. The Morgan fingerprint density at radius 3 is 2.43 bits per heavy atom. The van der Waals surface area contributed by atoms with Crippen molar-refractivity contribution in [2.45, 2.75) is 13.8 Å². The van der Waals surface area contributed by atoms with Crippen LogP contribution < -0.4 is 9.47 Å². The molecule has 3 rings (SSSR count). The van der Waals surface area contributed by atoms with Crippen molar-refractivity contribution < 1.29 is 14.3 Å². The van der Waals surface area contributed by atoms with Crippen LogP contribution in [0.1, 0.15) is 21.6 Å². The summed E-state index contributed by atoms with van der Waals surface area (Å²) in [5.41, 5.74) is 3.12. The maximum Gasteiger partial charge on any atom is 0.255 e. The van der Waals surface area contributed by atoms with Crippen molar-refractivity contribution in [1.82, 2.24) is 9.88 Å². The van der Waals surface area contributed by atoms with Gasteiger partial charge in [-0.2, -0.15) is 0 Å². The van der Waals surface area contributed by atoms with Crippen LogP contribution >= 0.6 is 12.4 Å². The Kier molecular flexibility index (Phi) is 3.96. The van der Waals surface area contributed by atoms with Crippen molar-refractivity contribution in [3.63, 3.8) is 0 Å². The lowest BCUT2D eigenvalue weighted by Gasteiger charge is -2.16. The molecule has 6 heteroatoms. The molecule has 0 unspecified atom stereocenters. The van der Waals surface area contributed by atoms with E-state index in [4.69, 9.17) is 9.47 Å². The fraction of sp³-hybridized carbons (Fsp3) is 0.333. The predicted molar refractivity (Wildman–Crippen MR) is 82.6 cm³/mol. The molecule has 21 heavy (non-hydrogen) atoms. The Labute approximate surface area is 129 Å². The van der Waals surface area contributed by atoms with E-state index in [1.807, 2.05) is 26.0 Å². The molecule has 2 aromatic rings. The van der Waals surface area contributed by atoms with Gasteiger partial charge in [0.05, 0.1) is 16.8 Å².